The second-order valence-electron chi connectivity index (χ2n) is 5.01. The van der Waals surface area contributed by atoms with Crippen molar-refractivity contribution in [3.05, 3.63) is 29.8 Å². The van der Waals surface area contributed by atoms with Crippen molar-refractivity contribution in [2.24, 2.45) is 0 Å². The zero-order valence-electron chi connectivity index (χ0n) is 10.4. The minimum absolute atomic E-state index is 0.0795. The van der Waals surface area contributed by atoms with Crippen molar-refractivity contribution in [1.29, 1.82) is 0 Å². The maximum absolute atomic E-state index is 12.4. The Morgan fingerprint density at radius 2 is 2.05 bits per heavy atom. The van der Waals surface area contributed by atoms with Gasteiger partial charge in [0, 0.05) is 12.5 Å². The van der Waals surface area contributed by atoms with Crippen LogP contribution in [0.5, 0.6) is 5.75 Å². The number of aliphatic carboxylic acids is 1. The van der Waals surface area contributed by atoms with Gasteiger partial charge >= 0.3 is 5.97 Å². The van der Waals surface area contributed by atoms with Crippen LogP contribution < -0.4 is 4.74 Å². The Hall–Kier alpha value is -2.04. The summed E-state index contributed by atoms with van der Waals surface area (Å²) < 4.78 is 5.63. The van der Waals surface area contributed by atoms with Crippen LogP contribution >= 0.6 is 0 Å². The summed E-state index contributed by atoms with van der Waals surface area (Å²) in [5.74, 6) is -0.455. The number of fused-ring (bicyclic) bond motifs is 1. The molecule has 100 valence electrons. The van der Waals surface area contributed by atoms with Crippen LogP contribution in [0.25, 0.3) is 0 Å². The predicted octanol–water partition coefficient (Wildman–Crippen LogP) is 1.07. The second kappa shape index (κ2) is 4.57. The maximum Gasteiger partial charge on any atom is 0.323 e. The lowest BCUT2D eigenvalue weighted by atomic mass is 10.1. The van der Waals surface area contributed by atoms with Crippen LogP contribution in [0.1, 0.15) is 18.4 Å². The molecule has 1 saturated carbocycles. The van der Waals surface area contributed by atoms with Crippen molar-refractivity contribution in [3.63, 3.8) is 0 Å². The summed E-state index contributed by atoms with van der Waals surface area (Å²) in [5, 5.41) is 8.89. The summed E-state index contributed by atoms with van der Waals surface area (Å²) in [6.07, 6.45) is 1.73. The van der Waals surface area contributed by atoms with E-state index < -0.39 is 12.1 Å². The van der Waals surface area contributed by atoms with E-state index in [4.69, 9.17) is 9.84 Å². The van der Waals surface area contributed by atoms with Gasteiger partial charge in [0.25, 0.3) is 5.91 Å². The Labute approximate surface area is 110 Å². The predicted molar refractivity (Wildman–Crippen MR) is 66.9 cm³/mol. The fraction of sp³-hybridized carbons (Fsp3) is 0.429. The van der Waals surface area contributed by atoms with Gasteiger partial charge in [0.05, 0.1) is 0 Å². The molecule has 2 aliphatic rings. The Morgan fingerprint density at radius 3 is 2.68 bits per heavy atom. The molecule has 1 atom stereocenters. The molecule has 0 saturated heterocycles. The monoisotopic (exact) mass is 261 g/mol. The van der Waals surface area contributed by atoms with Gasteiger partial charge in [0.2, 0.25) is 0 Å². The van der Waals surface area contributed by atoms with Gasteiger partial charge in [-0.25, -0.2) is 0 Å². The van der Waals surface area contributed by atoms with Crippen molar-refractivity contribution in [1.82, 2.24) is 4.90 Å². The Bertz CT molecular complexity index is 499. The molecule has 0 aromatic heterocycles. The number of hydrogen-bond donors (Lipinski definition) is 1. The number of rotatable bonds is 4. The number of carboxylic acid groups (broad SMARTS) is 1. The molecular weight excluding hydrogens is 246 g/mol. The number of amides is 1. The number of carboxylic acids is 1. The van der Waals surface area contributed by atoms with Crippen molar-refractivity contribution >= 4 is 11.9 Å². The highest BCUT2D eigenvalue weighted by atomic mass is 16.5. The second-order valence-corrected chi connectivity index (χ2v) is 5.01. The highest BCUT2D eigenvalue weighted by Crippen LogP contribution is 2.32. The molecule has 1 aromatic rings. The molecule has 0 radical (unpaired) electrons. The molecule has 1 aliphatic heterocycles. The van der Waals surface area contributed by atoms with E-state index in [1.165, 1.54) is 4.90 Å². The molecule has 5 heteroatoms. The van der Waals surface area contributed by atoms with Crippen LogP contribution in [0.2, 0.25) is 0 Å². The van der Waals surface area contributed by atoms with E-state index in [1.54, 1.807) is 0 Å². The summed E-state index contributed by atoms with van der Waals surface area (Å²) in [6, 6.07) is 7.62. The third kappa shape index (κ3) is 2.41. The SMILES string of the molecule is O=C(O)CN(C(=O)[C@H]1Cc2ccccc2O1)C1CC1. The standard InChI is InChI=1S/C14H15NO4/c16-13(17)8-15(10-5-6-10)14(18)12-7-9-3-1-2-4-11(9)19-12/h1-4,10,12H,5-8H2,(H,16,17)/t12-/m1/s1. The number of carbonyl (C=O) groups excluding carboxylic acids is 1. The van der Waals surface area contributed by atoms with E-state index in [1.807, 2.05) is 24.3 Å². The molecular formula is C14H15NO4. The van der Waals surface area contributed by atoms with E-state index in [-0.39, 0.29) is 18.5 Å². The van der Waals surface area contributed by atoms with Crippen LogP contribution in [0.15, 0.2) is 24.3 Å². The summed E-state index contributed by atoms with van der Waals surface area (Å²) >= 11 is 0. The van der Waals surface area contributed by atoms with E-state index in [2.05, 4.69) is 0 Å². The van der Waals surface area contributed by atoms with Crippen molar-refractivity contribution < 1.29 is 19.4 Å². The van der Waals surface area contributed by atoms with Gasteiger partial charge in [0.1, 0.15) is 12.3 Å². The van der Waals surface area contributed by atoms with E-state index in [0.29, 0.717) is 6.42 Å². The van der Waals surface area contributed by atoms with Crippen molar-refractivity contribution in [2.75, 3.05) is 6.54 Å². The van der Waals surface area contributed by atoms with Crippen molar-refractivity contribution in [3.8, 4) is 5.75 Å². The maximum atomic E-state index is 12.4. The summed E-state index contributed by atoms with van der Waals surface area (Å²) in [5.41, 5.74) is 1.01. The van der Waals surface area contributed by atoms with Crippen molar-refractivity contribution in [2.45, 2.75) is 31.4 Å². The normalized spacial score (nSPS) is 20.5. The molecule has 0 spiro atoms. The Kier molecular flexibility index (Phi) is 2.89. The van der Waals surface area contributed by atoms with Gasteiger partial charge < -0.3 is 14.7 Å². The molecule has 1 N–H and O–H groups in total. The fourth-order valence-electron chi connectivity index (χ4n) is 2.42. The molecule has 0 bridgehead atoms. The number of ether oxygens (including phenoxy) is 1. The summed E-state index contributed by atoms with van der Waals surface area (Å²) in [4.78, 5) is 24.7. The average molecular weight is 261 g/mol. The van der Waals surface area contributed by atoms with Crippen LogP contribution in [-0.2, 0) is 16.0 Å². The topological polar surface area (TPSA) is 66.8 Å². The van der Waals surface area contributed by atoms with Gasteiger partial charge in [-0.05, 0) is 24.5 Å². The summed E-state index contributed by atoms with van der Waals surface area (Å²) in [7, 11) is 0. The zero-order chi connectivity index (χ0) is 13.4. The molecule has 3 rings (SSSR count). The molecule has 1 amide bonds. The van der Waals surface area contributed by atoms with Gasteiger partial charge in [-0.2, -0.15) is 0 Å². The minimum atomic E-state index is -0.976. The molecule has 5 nitrogen and oxygen atoms in total. The van der Waals surface area contributed by atoms with Crippen LogP contribution in [-0.4, -0.2) is 40.6 Å². The van der Waals surface area contributed by atoms with E-state index in [0.717, 1.165) is 24.2 Å². The lowest BCUT2D eigenvalue weighted by Gasteiger charge is -2.23. The first-order chi connectivity index (χ1) is 9.15. The average Bonchev–Trinajstić information content (AvgIpc) is 3.13. The van der Waals surface area contributed by atoms with Gasteiger partial charge in [-0.15, -0.1) is 0 Å². The van der Waals surface area contributed by atoms with Gasteiger partial charge in [-0.3, -0.25) is 9.59 Å². The summed E-state index contributed by atoms with van der Waals surface area (Å²) in [6.45, 7) is -0.236. The van der Waals surface area contributed by atoms with Crippen LogP contribution in [0.3, 0.4) is 0 Å². The highest BCUT2D eigenvalue weighted by Gasteiger charge is 2.39. The van der Waals surface area contributed by atoms with E-state index in [9.17, 15) is 9.59 Å². The van der Waals surface area contributed by atoms with Crippen LogP contribution in [0, 0.1) is 0 Å². The molecule has 0 unspecified atom stereocenters. The smallest absolute Gasteiger partial charge is 0.323 e. The molecule has 19 heavy (non-hydrogen) atoms. The minimum Gasteiger partial charge on any atom is -0.480 e. The van der Waals surface area contributed by atoms with E-state index >= 15 is 0 Å². The lowest BCUT2D eigenvalue weighted by molar-refractivity contribution is -0.148. The fourth-order valence-corrected chi connectivity index (χ4v) is 2.42. The lowest BCUT2D eigenvalue weighted by Crippen LogP contribution is -2.45. The largest absolute Gasteiger partial charge is 0.480 e. The Morgan fingerprint density at radius 1 is 1.32 bits per heavy atom. The third-order valence-electron chi connectivity index (χ3n) is 3.50. The molecule has 1 heterocycles. The first-order valence-corrected chi connectivity index (χ1v) is 6.42. The third-order valence-corrected chi connectivity index (χ3v) is 3.50. The number of benzene rings is 1. The molecule has 1 aliphatic carbocycles. The zero-order valence-corrected chi connectivity index (χ0v) is 10.4. The Balaban J connectivity index is 1.72. The van der Waals surface area contributed by atoms with Gasteiger partial charge in [-0.1, -0.05) is 18.2 Å². The highest BCUT2D eigenvalue weighted by molar-refractivity contribution is 5.86. The molecule has 1 aromatic carbocycles. The van der Waals surface area contributed by atoms with Gasteiger partial charge in [0.15, 0.2) is 6.10 Å². The number of carbonyl (C=O) groups is 2. The number of para-hydroxylation sites is 1. The van der Waals surface area contributed by atoms with Crippen LogP contribution in [0.4, 0.5) is 0 Å². The molecule has 1 fully saturated rings. The number of hydrogen-bond acceptors (Lipinski definition) is 3. The first kappa shape index (κ1) is 12.0. The number of nitrogens with zero attached hydrogens (tertiary/aromatic N) is 1. The quantitative estimate of drug-likeness (QED) is 0.880. The first-order valence-electron chi connectivity index (χ1n) is 6.42.